The van der Waals surface area contributed by atoms with E-state index in [1.807, 2.05) is 38.2 Å². The third-order valence-electron chi connectivity index (χ3n) is 3.51. The first-order valence-corrected chi connectivity index (χ1v) is 8.69. The Balaban J connectivity index is 2.00. The van der Waals surface area contributed by atoms with Gasteiger partial charge in [0.05, 0.1) is 6.04 Å². The number of hydrogen-bond donors (Lipinski definition) is 1. The molecule has 23 heavy (non-hydrogen) atoms. The molecule has 3 rings (SSSR count). The molecule has 0 radical (unpaired) electrons. The van der Waals surface area contributed by atoms with Crippen molar-refractivity contribution in [2.24, 2.45) is 5.92 Å². The quantitative estimate of drug-likeness (QED) is 0.770. The van der Waals surface area contributed by atoms with Crippen molar-refractivity contribution in [1.29, 1.82) is 0 Å². The SMILES string of the molecule is CC(C)C(NS(=O)(=O)c1cccnc1)c1nnc2ccccn12. The molecule has 0 saturated heterocycles. The predicted octanol–water partition coefficient (Wildman–Crippen LogP) is 1.80. The van der Waals surface area contributed by atoms with Gasteiger partial charge >= 0.3 is 0 Å². The topological polar surface area (TPSA) is 89.2 Å². The molecule has 0 saturated carbocycles. The Morgan fingerprint density at radius 1 is 1.13 bits per heavy atom. The van der Waals surface area contributed by atoms with E-state index < -0.39 is 16.1 Å². The van der Waals surface area contributed by atoms with Crippen molar-refractivity contribution in [3.05, 3.63) is 54.7 Å². The van der Waals surface area contributed by atoms with Crippen LogP contribution in [0, 0.1) is 5.92 Å². The minimum absolute atomic E-state index is 0.00551. The molecule has 0 aliphatic heterocycles. The Bertz CT molecular complexity index is 906. The van der Waals surface area contributed by atoms with Gasteiger partial charge in [-0.3, -0.25) is 9.38 Å². The molecule has 3 aromatic rings. The molecule has 0 bridgehead atoms. The fourth-order valence-electron chi connectivity index (χ4n) is 2.30. The van der Waals surface area contributed by atoms with E-state index in [1.165, 1.54) is 18.5 Å². The largest absolute Gasteiger partial charge is 0.285 e. The molecule has 0 fully saturated rings. The number of pyridine rings is 2. The van der Waals surface area contributed by atoms with Crippen LogP contribution in [0.2, 0.25) is 0 Å². The van der Waals surface area contributed by atoms with Gasteiger partial charge in [0, 0.05) is 18.6 Å². The van der Waals surface area contributed by atoms with E-state index in [4.69, 9.17) is 0 Å². The molecule has 7 nitrogen and oxygen atoms in total. The molecule has 0 aliphatic rings. The number of sulfonamides is 1. The minimum Gasteiger partial charge on any atom is -0.285 e. The van der Waals surface area contributed by atoms with Crippen LogP contribution in [0.5, 0.6) is 0 Å². The van der Waals surface area contributed by atoms with E-state index in [-0.39, 0.29) is 10.8 Å². The van der Waals surface area contributed by atoms with E-state index in [2.05, 4.69) is 19.9 Å². The van der Waals surface area contributed by atoms with Crippen LogP contribution in [0.3, 0.4) is 0 Å². The summed E-state index contributed by atoms with van der Waals surface area (Å²) in [4.78, 5) is 3.99. The zero-order valence-electron chi connectivity index (χ0n) is 12.8. The van der Waals surface area contributed by atoms with E-state index >= 15 is 0 Å². The monoisotopic (exact) mass is 331 g/mol. The molecule has 8 heteroatoms. The Morgan fingerprint density at radius 3 is 2.65 bits per heavy atom. The van der Waals surface area contributed by atoms with Crippen LogP contribution in [0.1, 0.15) is 25.7 Å². The highest BCUT2D eigenvalue weighted by atomic mass is 32.2. The summed E-state index contributed by atoms with van der Waals surface area (Å²) in [5.41, 5.74) is 0.675. The summed E-state index contributed by atoms with van der Waals surface area (Å²) in [6.07, 6.45) is 4.67. The fraction of sp³-hybridized carbons (Fsp3) is 0.267. The highest BCUT2D eigenvalue weighted by molar-refractivity contribution is 7.89. The first-order chi connectivity index (χ1) is 11.0. The molecule has 1 unspecified atom stereocenters. The standard InChI is InChI=1S/C15H17N5O2S/c1-11(2)14(15-18-17-13-7-3-4-9-20(13)15)19-23(21,22)12-6-5-8-16-10-12/h3-11,14,19H,1-2H3. The zero-order valence-corrected chi connectivity index (χ0v) is 13.6. The second kappa shape index (κ2) is 6.05. The summed E-state index contributed by atoms with van der Waals surface area (Å²) in [6, 6.07) is 8.13. The van der Waals surface area contributed by atoms with Crippen molar-refractivity contribution in [1.82, 2.24) is 24.3 Å². The molecule has 0 aliphatic carbocycles. The third-order valence-corrected chi connectivity index (χ3v) is 4.94. The van der Waals surface area contributed by atoms with Crippen molar-refractivity contribution >= 4 is 15.7 Å². The molecule has 0 spiro atoms. The van der Waals surface area contributed by atoms with E-state index in [9.17, 15) is 8.42 Å². The molecular weight excluding hydrogens is 314 g/mol. The summed E-state index contributed by atoms with van der Waals surface area (Å²) < 4.78 is 29.6. The van der Waals surface area contributed by atoms with Gasteiger partial charge in [0.2, 0.25) is 10.0 Å². The number of rotatable bonds is 5. The van der Waals surface area contributed by atoms with Gasteiger partial charge < -0.3 is 0 Å². The maximum absolute atomic E-state index is 12.6. The lowest BCUT2D eigenvalue weighted by Crippen LogP contribution is -2.33. The molecule has 1 atom stereocenters. The van der Waals surface area contributed by atoms with Crippen molar-refractivity contribution in [3.8, 4) is 0 Å². The van der Waals surface area contributed by atoms with Crippen LogP contribution < -0.4 is 4.72 Å². The van der Waals surface area contributed by atoms with E-state index in [0.717, 1.165) is 0 Å². The molecule has 3 aromatic heterocycles. The van der Waals surface area contributed by atoms with Gasteiger partial charge in [0.15, 0.2) is 11.5 Å². The first-order valence-electron chi connectivity index (χ1n) is 7.21. The van der Waals surface area contributed by atoms with Crippen LogP contribution >= 0.6 is 0 Å². The maximum atomic E-state index is 12.6. The second-order valence-electron chi connectivity index (χ2n) is 5.52. The Hall–Kier alpha value is -2.32. The fourth-order valence-corrected chi connectivity index (χ4v) is 3.61. The first kappa shape index (κ1) is 15.6. The summed E-state index contributed by atoms with van der Waals surface area (Å²) in [5.74, 6) is 0.553. The molecular formula is C15H17N5O2S. The van der Waals surface area contributed by atoms with Gasteiger partial charge in [-0.15, -0.1) is 10.2 Å². The predicted molar refractivity (Wildman–Crippen MR) is 85.1 cm³/mol. The Morgan fingerprint density at radius 2 is 1.96 bits per heavy atom. The van der Waals surface area contributed by atoms with Crippen LogP contribution in [0.4, 0.5) is 0 Å². The second-order valence-corrected chi connectivity index (χ2v) is 7.23. The molecule has 120 valence electrons. The van der Waals surface area contributed by atoms with Gasteiger partial charge in [0.1, 0.15) is 4.90 Å². The number of fused-ring (bicyclic) bond motifs is 1. The summed E-state index contributed by atoms with van der Waals surface area (Å²) >= 11 is 0. The van der Waals surface area contributed by atoms with Crippen molar-refractivity contribution in [2.75, 3.05) is 0 Å². The Labute approximate surface area is 134 Å². The van der Waals surface area contributed by atoms with E-state index in [1.54, 1.807) is 10.5 Å². The summed E-state index contributed by atoms with van der Waals surface area (Å²) in [7, 11) is -3.69. The van der Waals surface area contributed by atoms with Crippen LogP contribution in [-0.2, 0) is 10.0 Å². The number of nitrogens with one attached hydrogen (secondary N) is 1. The molecule has 0 aromatic carbocycles. The average Bonchev–Trinajstić information content (AvgIpc) is 2.97. The third kappa shape index (κ3) is 3.08. The minimum atomic E-state index is -3.69. The summed E-state index contributed by atoms with van der Waals surface area (Å²) in [6.45, 7) is 3.86. The van der Waals surface area contributed by atoms with Gasteiger partial charge in [0.25, 0.3) is 0 Å². The van der Waals surface area contributed by atoms with Crippen molar-refractivity contribution < 1.29 is 8.42 Å². The lowest BCUT2D eigenvalue weighted by molar-refractivity contribution is 0.441. The van der Waals surface area contributed by atoms with Gasteiger partial charge in [-0.2, -0.15) is 0 Å². The lowest BCUT2D eigenvalue weighted by Gasteiger charge is -2.20. The number of nitrogens with zero attached hydrogens (tertiary/aromatic N) is 4. The highest BCUT2D eigenvalue weighted by Crippen LogP contribution is 2.23. The molecule has 1 N–H and O–H groups in total. The van der Waals surface area contributed by atoms with Gasteiger partial charge in [-0.05, 0) is 30.2 Å². The zero-order chi connectivity index (χ0) is 16.4. The normalized spacial score (nSPS) is 13.5. The number of hydrogen-bond acceptors (Lipinski definition) is 5. The van der Waals surface area contributed by atoms with Crippen LogP contribution in [0.15, 0.2) is 53.8 Å². The van der Waals surface area contributed by atoms with Gasteiger partial charge in [-0.25, -0.2) is 13.1 Å². The Kier molecular flexibility index (Phi) is 4.10. The van der Waals surface area contributed by atoms with Crippen molar-refractivity contribution in [3.63, 3.8) is 0 Å². The maximum Gasteiger partial charge on any atom is 0.242 e. The van der Waals surface area contributed by atoms with Crippen LogP contribution in [-0.4, -0.2) is 28.0 Å². The highest BCUT2D eigenvalue weighted by Gasteiger charge is 2.27. The average molecular weight is 331 g/mol. The number of aromatic nitrogens is 4. The smallest absolute Gasteiger partial charge is 0.242 e. The van der Waals surface area contributed by atoms with Crippen LogP contribution in [0.25, 0.3) is 5.65 Å². The molecule has 0 amide bonds. The van der Waals surface area contributed by atoms with E-state index in [0.29, 0.717) is 11.5 Å². The molecule has 3 heterocycles. The van der Waals surface area contributed by atoms with Crippen molar-refractivity contribution in [2.45, 2.75) is 24.8 Å². The van der Waals surface area contributed by atoms with Gasteiger partial charge in [-0.1, -0.05) is 19.9 Å². The summed E-state index contributed by atoms with van der Waals surface area (Å²) in [5, 5.41) is 8.26. The lowest BCUT2D eigenvalue weighted by atomic mass is 10.1.